The van der Waals surface area contributed by atoms with Crippen LogP contribution in [0.4, 0.5) is 0 Å². The van der Waals surface area contributed by atoms with Crippen molar-refractivity contribution in [3.63, 3.8) is 0 Å². The predicted octanol–water partition coefficient (Wildman–Crippen LogP) is 4.20. The lowest BCUT2D eigenvalue weighted by Gasteiger charge is -2.36. The van der Waals surface area contributed by atoms with E-state index in [0.29, 0.717) is 6.04 Å². The molecule has 0 unspecified atom stereocenters. The number of hydrogen-bond acceptors (Lipinski definition) is 4. The van der Waals surface area contributed by atoms with Crippen molar-refractivity contribution in [3.8, 4) is 17.6 Å². The van der Waals surface area contributed by atoms with Gasteiger partial charge in [-0.25, -0.2) is 0 Å². The Balaban J connectivity index is 1.59. The van der Waals surface area contributed by atoms with Gasteiger partial charge in [0.25, 0.3) is 0 Å². The molecule has 0 aromatic heterocycles. The number of ether oxygens (including phenoxy) is 2. The zero-order valence-corrected chi connectivity index (χ0v) is 15.5. The van der Waals surface area contributed by atoms with E-state index in [1.54, 1.807) is 14.2 Å². The van der Waals surface area contributed by atoms with Crippen molar-refractivity contribution in [2.45, 2.75) is 43.7 Å². The zero-order valence-electron chi connectivity index (χ0n) is 15.5. The van der Waals surface area contributed by atoms with Gasteiger partial charge in [0.05, 0.1) is 25.7 Å². The molecule has 2 aromatic carbocycles. The van der Waals surface area contributed by atoms with Crippen LogP contribution in [-0.2, 0) is 12.0 Å². The summed E-state index contributed by atoms with van der Waals surface area (Å²) in [5, 5.41) is 13.5. The van der Waals surface area contributed by atoms with Crippen LogP contribution in [0.1, 0.15) is 36.8 Å². The number of hydrogen-bond donors (Lipinski definition) is 1. The van der Waals surface area contributed by atoms with Gasteiger partial charge in [0.15, 0.2) is 0 Å². The summed E-state index contributed by atoms with van der Waals surface area (Å²) >= 11 is 0. The molecule has 0 amide bonds. The molecule has 0 spiro atoms. The predicted molar refractivity (Wildman–Crippen MR) is 102 cm³/mol. The van der Waals surface area contributed by atoms with E-state index in [-0.39, 0.29) is 0 Å². The second kappa shape index (κ2) is 8.25. The highest BCUT2D eigenvalue weighted by atomic mass is 16.5. The number of rotatable bonds is 6. The lowest BCUT2D eigenvalue weighted by Crippen LogP contribution is -2.38. The fourth-order valence-electron chi connectivity index (χ4n) is 3.71. The Labute approximate surface area is 155 Å². The molecule has 0 heterocycles. The van der Waals surface area contributed by atoms with Gasteiger partial charge < -0.3 is 14.8 Å². The van der Waals surface area contributed by atoms with Gasteiger partial charge in [-0.05, 0) is 61.1 Å². The van der Waals surface area contributed by atoms with E-state index in [4.69, 9.17) is 9.47 Å². The van der Waals surface area contributed by atoms with Crippen LogP contribution in [0.5, 0.6) is 11.5 Å². The van der Waals surface area contributed by atoms with Gasteiger partial charge in [-0.15, -0.1) is 0 Å². The summed E-state index contributed by atoms with van der Waals surface area (Å²) in [7, 11) is 3.34. The van der Waals surface area contributed by atoms with Gasteiger partial charge in [-0.2, -0.15) is 5.26 Å². The number of benzene rings is 2. The van der Waals surface area contributed by atoms with Crippen LogP contribution in [0, 0.1) is 11.3 Å². The maximum Gasteiger partial charge on any atom is 0.119 e. The van der Waals surface area contributed by atoms with E-state index in [1.807, 2.05) is 30.3 Å². The number of nitriles is 1. The van der Waals surface area contributed by atoms with Gasteiger partial charge in [-0.3, -0.25) is 0 Å². The van der Waals surface area contributed by atoms with Crippen molar-refractivity contribution in [2.75, 3.05) is 14.2 Å². The van der Waals surface area contributed by atoms with E-state index in [1.165, 1.54) is 5.56 Å². The van der Waals surface area contributed by atoms with Crippen LogP contribution < -0.4 is 14.8 Å². The minimum Gasteiger partial charge on any atom is -0.497 e. The smallest absolute Gasteiger partial charge is 0.119 e. The standard InChI is InChI=1S/C22H26N2O2/c1-25-20-8-6-17(7-9-20)15-24-19-10-12-22(16-23,13-11-19)18-4-3-5-21(14-18)26-2/h3-9,14,19,24H,10-13,15H2,1-2H3. The molecule has 1 aliphatic carbocycles. The monoisotopic (exact) mass is 350 g/mol. The van der Waals surface area contributed by atoms with Crippen molar-refractivity contribution in [1.82, 2.24) is 5.32 Å². The topological polar surface area (TPSA) is 54.3 Å². The molecule has 3 rings (SSSR count). The first-order valence-corrected chi connectivity index (χ1v) is 9.11. The van der Waals surface area contributed by atoms with Crippen LogP contribution in [-0.4, -0.2) is 20.3 Å². The lowest BCUT2D eigenvalue weighted by atomic mass is 9.69. The van der Waals surface area contributed by atoms with Crippen LogP contribution in [0.15, 0.2) is 48.5 Å². The summed E-state index contributed by atoms with van der Waals surface area (Å²) in [4.78, 5) is 0. The summed E-state index contributed by atoms with van der Waals surface area (Å²) < 4.78 is 10.5. The summed E-state index contributed by atoms with van der Waals surface area (Å²) in [5.41, 5.74) is 1.93. The molecule has 1 aliphatic rings. The summed E-state index contributed by atoms with van der Waals surface area (Å²) in [6.45, 7) is 0.841. The highest BCUT2D eigenvalue weighted by Gasteiger charge is 2.37. The minimum absolute atomic E-state index is 0.396. The molecule has 2 aromatic rings. The summed E-state index contributed by atoms with van der Waals surface area (Å²) in [6.07, 6.45) is 3.75. The maximum atomic E-state index is 9.88. The Morgan fingerprint density at radius 2 is 1.73 bits per heavy atom. The average Bonchev–Trinajstić information content (AvgIpc) is 2.73. The molecule has 1 saturated carbocycles. The van der Waals surface area contributed by atoms with Crippen molar-refractivity contribution in [3.05, 3.63) is 59.7 Å². The molecule has 4 nitrogen and oxygen atoms in total. The van der Waals surface area contributed by atoms with Crippen molar-refractivity contribution >= 4 is 0 Å². The average molecular weight is 350 g/mol. The SMILES string of the molecule is COc1ccc(CNC2CCC(C#N)(c3cccc(OC)c3)CC2)cc1. The second-order valence-corrected chi connectivity index (χ2v) is 6.93. The van der Waals surface area contributed by atoms with Crippen molar-refractivity contribution in [2.24, 2.45) is 0 Å². The normalized spacial score (nSPS) is 22.4. The molecule has 136 valence electrons. The van der Waals surface area contributed by atoms with Gasteiger partial charge in [0.1, 0.15) is 11.5 Å². The summed E-state index contributed by atoms with van der Waals surface area (Å²) in [6, 6.07) is 19.2. The quantitative estimate of drug-likeness (QED) is 0.848. The third-order valence-electron chi connectivity index (χ3n) is 5.43. The Bertz CT molecular complexity index is 756. The van der Waals surface area contributed by atoms with E-state index in [0.717, 1.165) is 49.3 Å². The molecule has 0 radical (unpaired) electrons. The fraction of sp³-hybridized carbons (Fsp3) is 0.409. The zero-order chi connectivity index (χ0) is 18.4. The number of nitrogens with one attached hydrogen (secondary N) is 1. The van der Waals surface area contributed by atoms with E-state index in [2.05, 4.69) is 29.6 Å². The molecule has 0 saturated heterocycles. The Morgan fingerprint density at radius 3 is 2.35 bits per heavy atom. The summed E-state index contributed by atoms with van der Waals surface area (Å²) in [5.74, 6) is 1.69. The Hall–Kier alpha value is -2.51. The third kappa shape index (κ3) is 4.00. The van der Waals surface area contributed by atoms with Crippen LogP contribution in [0.25, 0.3) is 0 Å². The molecule has 26 heavy (non-hydrogen) atoms. The van der Waals surface area contributed by atoms with Crippen LogP contribution >= 0.6 is 0 Å². The number of methoxy groups -OCH3 is 2. The van der Waals surface area contributed by atoms with Gasteiger partial charge in [0, 0.05) is 12.6 Å². The maximum absolute atomic E-state index is 9.88. The van der Waals surface area contributed by atoms with Crippen molar-refractivity contribution < 1.29 is 9.47 Å². The Kier molecular flexibility index (Phi) is 5.80. The molecule has 0 atom stereocenters. The molecular formula is C22H26N2O2. The first kappa shape index (κ1) is 18.3. The highest BCUT2D eigenvalue weighted by Crippen LogP contribution is 2.40. The Morgan fingerprint density at radius 1 is 1.04 bits per heavy atom. The fourth-order valence-corrected chi connectivity index (χ4v) is 3.71. The van der Waals surface area contributed by atoms with Gasteiger partial charge >= 0.3 is 0 Å². The van der Waals surface area contributed by atoms with Gasteiger partial charge in [0.2, 0.25) is 0 Å². The van der Waals surface area contributed by atoms with Crippen molar-refractivity contribution in [1.29, 1.82) is 5.26 Å². The first-order valence-electron chi connectivity index (χ1n) is 9.11. The third-order valence-corrected chi connectivity index (χ3v) is 5.43. The largest absolute Gasteiger partial charge is 0.497 e. The highest BCUT2D eigenvalue weighted by molar-refractivity contribution is 5.38. The van der Waals surface area contributed by atoms with E-state index >= 15 is 0 Å². The molecule has 4 heteroatoms. The molecule has 0 bridgehead atoms. The van der Waals surface area contributed by atoms with Crippen LogP contribution in [0.3, 0.4) is 0 Å². The van der Waals surface area contributed by atoms with E-state index < -0.39 is 5.41 Å². The second-order valence-electron chi connectivity index (χ2n) is 6.93. The first-order chi connectivity index (χ1) is 12.7. The van der Waals surface area contributed by atoms with Gasteiger partial charge in [-0.1, -0.05) is 24.3 Å². The molecule has 1 N–H and O–H groups in total. The number of nitrogens with zero attached hydrogens (tertiary/aromatic N) is 1. The van der Waals surface area contributed by atoms with E-state index in [9.17, 15) is 5.26 Å². The minimum atomic E-state index is -0.396. The molecule has 0 aliphatic heterocycles. The lowest BCUT2D eigenvalue weighted by molar-refractivity contribution is 0.294. The van der Waals surface area contributed by atoms with Crippen LogP contribution in [0.2, 0.25) is 0 Å². The molecular weight excluding hydrogens is 324 g/mol. The molecule has 1 fully saturated rings.